The van der Waals surface area contributed by atoms with Gasteiger partial charge in [-0.1, -0.05) is 13.8 Å². The Labute approximate surface area is 113 Å². The van der Waals surface area contributed by atoms with Gasteiger partial charge in [-0.05, 0) is 48.9 Å². The lowest BCUT2D eigenvalue weighted by atomic mass is 10.0. The van der Waals surface area contributed by atoms with Crippen LogP contribution in [-0.4, -0.2) is 29.2 Å². The Morgan fingerprint density at radius 1 is 1.16 bits per heavy atom. The molecule has 0 spiro atoms. The van der Waals surface area contributed by atoms with Gasteiger partial charge in [0.05, 0.1) is 0 Å². The molecule has 3 aliphatic rings. The molecule has 106 valence electrons. The van der Waals surface area contributed by atoms with Gasteiger partial charge in [-0.2, -0.15) is 0 Å². The van der Waals surface area contributed by atoms with Crippen LogP contribution in [0.15, 0.2) is 0 Å². The van der Waals surface area contributed by atoms with Crippen molar-refractivity contribution in [1.82, 2.24) is 10.6 Å². The molecule has 3 saturated carbocycles. The van der Waals surface area contributed by atoms with Crippen LogP contribution in [0.3, 0.4) is 0 Å². The zero-order valence-electron chi connectivity index (χ0n) is 11.4. The summed E-state index contributed by atoms with van der Waals surface area (Å²) < 4.78 is 0. The van der Waals surface area contributed by atoms with Gasteiger partial charge in [0.1, 0.15) is 6.04 Å². The van der Waals surface area contributed by atoms with Gasteiger partial charge in [0.25, 0.3) is 0 Å². The number of hydrogen-bond acceptors (Lipinski definition) is 2. The van der Waals surface area contributed by atoms with Crippen LogP contribution in [0.1, 0.15) is 33.1 Å². The summed E-state index contributed by atoms with van der Waals surface area (Å²) in [6.45, 7) is 3.59. The molecule has 3 aliphatic carbocycles. The molecule has 0 aliphatic heterocycles. The fraction of sp³-hybridized carbons (Fsp3) is 0.857. The molecule has 5 nitrogen and oxygen atoms in total. The molecule has 2 amide bonds. The summed E-state index contributed by atoms with van der Waals surface area (Å²) >= 11 is 0. The van der Waals surface area contributed by atoms with Crippen molar-refractivity contribution in [1.29, 1.82) is 0 Å². The van der Waals surface area contributed by atoms with Crippen LogP contribution in [-0.2, 0) is 4.79 Å². The number of urea groups is 1. The average Bonchev–Trinajstić information content (AvgIpc) is 2.72. The smallest absolute Gasteiger partial charge is 0.326 e. The van der Waals surface area contributed by atoms with Crippen LogP contribution in [0.2, 0.25) is 0 Å². The van der Waals surface area contributed by atoms with E-state index in [9.17, 15) is 9.59 Å². The Kier molecular flexibility index (Phi) is 2.95. The van der Waals surface area contributed by atoms with Gasteiger partial charge in [0.2, 0.25) is 0 Å². The third-order valence-corrected chi connectivity index (χ3v) is 5.25. The molecule has 2 bridgehead atoms. The third kappa shape index (κ3) is 2.09. The second-order valence-electron chi connectivity index (χ2n) is 6.69. The van der Waals surface area contributed by atoms with E-state index in [2.05, 4.69) is 10.6 Å². The number of carboxylic acids is 1. The van der Waals surface area contributed by atoms with Crippen LogP contribution in [0.4, 0.5) is 4.79 Å². The largest absolute Gasteiger partial charge is 0.480 e. The molecular weight excluding hydrogens is 244 g/mol. The molecule has 0 aromatic heterocycles. The number of carbonyl (C=O) groups excluding carboxylic acids is 1. The number of hydrogen-bond donors (Lipinski definition) is 3. The van der Waals surface area contributed by atoms with Gasteiger partial charge in [0.15, 0.2) is 0 Å². The first kappa shape index (κ1) is 12.8. The van der Waals surface area contributed by atoms with Crippen molar-refractivity contribution in [3.8, 4) is 0 Å². The monoisotopic (exact) mass is 266 g/mol. The quantitative estimate of drug-likeness (QED) is 0.720. The second-order valence-corrected chi connectivity index (χ2v) is 6.69. The van der Waals surface area contributed by atoms with E-state index in [1.54, 1.807) is 13.8 Å². The fourth-order valence-corrected chi connectivity index (χ4v) is 4.37. The first-order chi connectivity index (χ1) is 8.99. The first-order valence-electron chi connectivity index (χ1n) is 7.29. The summed E-state index contributed by atoms with van der Waals surface area (Å²) in [6.07, 6.45) is 3.98. The van der Waals surface area contributed by atoms with Crippen LogP contribution in [0.5, 0.6) is 0 Å². The Balaban J connectivity index is 1.52. The van der Waals surface area contributed by atoms with E-state index < -0.39 is 12.0 Å². The molecule has 0 saturated heterocycles. The Morgan fingerprint density at radius 3 is 2.21 bits per heavy atom. The highest BCUT2D eigenvalue weighted by molar-refractivity contribution is 5.83. The van der Waals surface area contributed by atoms with Crippen LogP contribution in [0.25, 0.3) is 0 Å². The Hall–Kier alpha value is -1.26. The molecule has 19 heavy (non-hydrogen) atoms. The van der Waals surface area contributed by atoms with Gasteiger partial charge in [-0.25, -0.2) is 9.59 Å². The van der Waals surface area contributed by atoms with Gasteiger partial charge in [-0.3, -0.25) is 0 Å². The summed E-state index contributed by atoms with van der Waals surface area (Å²) in [5.74, 6) is 1.87. The number of amides is 2. The van der Waals surface area contributed by atoms with Crippen molar-refractivity contribution in [3.05, 3.63) is 0 Å². The minimum Gasteiger partial charge on any atom is -0.480 e. The highest BCUT2D eigenvalue weighted by Gasteiger charge is 2.65. The van der Waals surface area contributed by atoms with E-state index in [1.165, 1.54) is 19.3 Å². The minimum absolute atomic E-state index is 0.113. The van der Waals surface area contributed by atoms with Crippen molar-refractivity contribution in [2.24, 2.45) is 29.6 Å². The fourth-order valence-electron chi connectivity index (χ4n) is 4.37. The van der Waals surface area contributed by atoms with Crippen LogP contribution < -0.4 is 10.6 Å². The van der Waals surface area contributed by atoms with Crippen molar-refractivity contribution in [3.63, 3.8) is 0 Å². The van der Waals surface area contributed by atoms with Crippen LogP contribution in [0, 0.1) is 29.6 Å². The van der Waals surface area contributed by atoms with Gasteiger partial charge in [-0.15, -0.1) is 0 Å². The number of rotatable bonds is 4. The first-order valence-corrected chi connectivity index (χ1v) is 7.29. The van der Waals surface area contributed by atoms with Gasteiger partial charge >= 0.3 is 12.0 Å². The maximum atomic E-state index is 11.9. The predicted molar refractivity (Wildman–Crippen MR) is 69.5 cm³/mol. The van der Waals surface area contributed by atoms with E-state index >= 15 is 0 Å². The normalized spacial score (nSPS) is 39.8. The number of aliphatic carboxylic acids is 1. The molecule has 3 rings (SSSR count). The highest BCUT2D eigenvalue weighted by Crippen LogP contribution is 2.65. The topological polar surface area (TPSA) is 78.4 Å². The van der Waals surface area contributed by atoms with Gasteiger partial charge in [0, 0.05) is 6.04 Å². The molecular formula is C14H22N2O3. The van der Waals surface area contributed by atoms with Crippen molar-refractivity contribution in [2.75, 3.05) is 0 Å². The number of nitrogens with one attached hydrogen (secondary N) is 2. The zero-order chi connectivity index (χ0) is 13.7. The highest BCUT2D eigenvalue weighted by atomic mass is 16.4. The van der Waals surface area contributed by atoms with Gasteiger partial charge < -0.3 is 15.7 Å². The third-order valence-electron chi connectivity index (χ3n) is 5.25. The zero-order valence-corrected chi connectivity index (χ0v) is 11.4. The van der Waals surface area contributed by atoms with Crippen molar-refractivity contribution < 1.29 is 14.7 Å². The Bertz CT molecular complexity index is 393. The lowest BCUT2D eigenvalue weighted by Gasteiger charge is -2.19. The van der Waals surface area contributed by atoms with Crippen LogP contribution >= 0.6 is 0 Å². The average molecular weight is 266 g/mol. The Morgan fingerprint density at radius 2 is 1.74 bits per heavy atom. The summed E-state index contributed by atoms with van der Waals surface area (Å²) in [4.78, 5) is 22.9. The summed E-state index contributed by atoms with van der Waals surface area (Å²) in [5, 5.41) is 14.6. The summed E-state index contributed by atoms with van der Waals surface area (Å²) in [6, 6.07) is -0.830. The molecule has 4 unspecified atom stereocenters. The molecule has 3 fully saturated rings. The lowest BCUT2D eigenvalue weighted by molar-refractivity contribution is -0.140. The molecule has 5 atom stereocenters. The van der Waals surface area contributed by atoms with Crippen molar-refractivity contribution >= 4 is 12.0 Å². The summed E-state index contributed by atoms with van der Waals surface area (Å²) in [7, 11) is 0. The van der Waals surface area contributed by atoms with E-state index in [0.717, 1.165) is 11.8 Å². The second kappa shape index (κ2) is 4.39. The molecule has 5 heteroatoms. The molecule has 0 aromatic carbocycles. The van der Waals surface area contributed by atoms with Crippen molar-refractivity contribution in [2.45, 2.75) is 45.2 Å². The molecule has 3 N–H and O–H groups in total. The number of fused-ring (bicyclic) bond motifs is 5. The standard InChI is InChI=1S/C14H22N2O3/c1-6(2)11(13(17)18)15-14(19)16-12-9-7-3-4-8(5-7)10(9)12/h6-12H,3-5H2,1-2H3,(H,17,18)(H2,15,16,19)/t7?,8?,9?,10?,11-,12?/m0/s1. The minimum atomic E-state index is -0.971. The molecule has 0 heterocycles. The predicted octanol–water partition coefficient (Wildman–Crippen LogP) is 1.44. The SMILES string of the molecule is CC(C)[C@H](NC(=O)NC1C2C3CCC(C3)C12)C(=O)O. The van der Waals surface area contributed by atoms with E-state index in [4.69, 9.17) is 5.11 Å². The number of carbonyl (C=O) groups is 2. The maximum absolute atomic E-state index is 11.9. The summed E-state index contributed by atoms with van der Waals surface area (Å²) in [5.41, 5.74) is 0. The van der Waals surface area contributed by atoms with E-state index in [1.807, 2.05) is 0 Å². The molecule has 0 aromatic rings. The number of carboxylic acid groups (broad SMARTS) is 1. The molecule has 0 radical (unpaired) electrons. The maximum Gasteiger partial charge on any atom is 0.326 e. The lowest BCUT2D eigenvalue weighted by Crippen LogP contribution is -2.49. The van der Waals surface area contributed by atoms with E-state index in [0.29, 0.717) is 17.9 Å². The van der Waals surface area contributed by atoms with E-state index in [-0.39, 0.29) is 11.9 Å².